The Kier molecular flexibility index (Phi) is 4.57. The maximum Gasteiger partial charge on any atom is 0.0508 e. The first-order valence-corrected chi connectivity index (χ1v) is 3.68. The molecule has 0 aromatic carbocycles. The Bertz CT molecular complexity index is 119. The summed E-state index contributed by atoms with van der Waals surface area (Å²) in [7, 11) is 0. The van der Waals surface area contributed by atoms with Crippen molar-refractivity contribution in [3.05, 3.63) is 17.9 Å². The number of halogens is 1. The molecule has 0 fully saturated rings. The fourth-order valence-corrected chi connectivity index (χ4v) is 0.870. The average Bonchev–Trinajstić information content (AvgIpc) is 1.82. The zero-order chi connectivity index (χ0) is 7.28. The second-order valence-corrected chi connectivity index (χ2v) is 2.78. The Hall–Kier alpha value is -0.190. The Morgan fingerprint density at radius 1 is 1.67 bits per heavy atom. The Morgan fingerprint density at radius 3 is 2.33 bits per heavy atom. The molecule has 0 unspecified atom stereocenters. The number of hydrogen-bond acceptors (Lipinski definition) is 0. The second kappa shape index (κ2) is 4.67. The van der Waals surface area contributed by atoms with E-state index >= 15 is 0 Å². The summed E-state index contributed by atoms with van der Waals surface area (Å²) in [5.41, 5.74) is 3.94. The molecule has 9 heavy (non-hydrogen) atoms. The fourth-order valence-electron chi connectivity index (χ4n) is 0.667. The zero-order valence-electron chi connectivity index (χ0n) is 6.08. The van der Waals surface area contributed by atoms with Gasteiger partial charge in [0.2, 0.25) is 0 Å². The van der Waals surface area contributed by atoms with Crippen molar-refractivity contribution in [2.45, 2.75) is 20.3 Å². The SMILES string of the molecule is C=C=C(CCl)CC(C)C. The third-order valence-electron chi connectivity index (χ3n) is 1.07. The van der Waals surface area contributed by atoms with Gasteiger partial charge < -0.3 is 0 Å². The van der Waals surface area contributed by atoms with E-state index in [0.29, 0.717) is 11.8 Å². The first-order valence-electron chi connectivity index (χ1n) is 3.14. The lowest BCUT2D eigenvalue weighted by Gasteiger charge is -2.02. The van der Waals surface area contributed by atoms with Gasteiger partial charge in [-0.1, -0.05) is 20.4 Å². The van der Waals surface area contributed by atoms with Gasteiger partial charge >= 0.3 is 0 Å². The standard InChI is InChI=1S/C8H13Cl/c1-4-8(6-9)5-7(2)3/h7H,1,5-6H2,2-3H3. The van der Waals surface area contributed by atoms with Crippen LogP contribution in [0.4, 0.5) is 0 Å². The zero-order valence-corrected chi connectivity index (χ0v) is 6.83. The maximum absolute atomic E-state index is 5.57. The van der Waals surface area contributed by atoms with E-state index in [0.717, 1.165) is 12.0 Å². The Labute approximate surface area is 62.2 Å². The molecule has 0 aliphatic carbocycles. The van der Waals surface area contributed by atoms with Crippen molar-refractivity contribution in [2.75, 3.05) is 5.88 Å². The average molecular weight is 145 g/mol. The van der Waals surface area contributed by atoms with Gasteiger partial charge in [0, 0.05) is 0 Å². The molecule has 0 bridgehead atoms. The monoisotopic (exact) mass is 144 g/mol. The van der Waals surface area contributed by atoms with E-state index in [1.165, 1.54) is 0 Å². The van der Waals surface area contributed by atoms with Gasteiger partial charge in [-0.2, -0.15) is 0 Å². The van der Waals surface area contributed by atoms with E-state index in [4.69, 9.17) is 11.6 Å². The molecule has 0 aromatic heterocycles. The van der Waals surface area contributed by atoms with Crippen LogP contribution in [0, 0.1) is 5.92 Å². The summed E-state index contributed by atoms with van der Waals surface area (Å²) in [5, 5.41) is 0. The van der Waals surface area contributed by atoms with Crippen molar-refractivity contribution in [2.24, 2.45) is 5.92 Å². The van der Waals surface area contributed by atoms with Crippen molar-refractivity contribution in [1.29, 1.82) is 0 Å². The van der Waals surface area contributed by atoms with E-state index in [1.807, 2.05) is 0 Å². The van der Waals surface area contributed by atoms with Gasteiger partial charge in [-0.25, -0.2) is 0 Å². The molecular formula is C8H13Cl. The molecule has 1 heteroatoms. The molecule has 0 radical (unpaired) electrons. The van der Waals surface area contributed by atoms with E-state index in [-0.39, 0.29) is 0 Å². The summed E-state index contributed by atoms with van der Waals surface area (Å²) >= 11 is 5.57. The van der Waals surface area contributed by atoms with Crippen LogP contribution in [0.15, 0.2) is 17.9 Å². The largest absolute Gasteiger partial charge is 0.128 e. The molecule has 0 rings (SSSR count). The summed E-state index contributed by atoms with van der Waals surface area (Å²) < 4.78 is 0. The van der Waals surface area contributed by atoms with Crippen molar-refractivity contribution in [3.8, 4) is 0 Å². The highest BCUT2D eigenvalue weighted by molar-refractivity contribution is 6.19. The summed E-state index contributed by atoms with van der Waals surface area (Å²) in [6.07, 6.45) is 1.02. The van der Waals surface area contributed by atoms with Crippen LogP contribution in [0.25, 0.3) is 0 Å². The topological polar surface area (TPSA) is 0 Å². The molecule has 0 spiro atoms. The normalized spacial score (nSPS) is 9.33. The molecule has 0 saturated heterocycles. The van der Waals surface area contributed by atoms with Crippen LogP contribution in [0.5, 0.6) is 0 Å². The quantitative estimate of drug-likeness (QED) is 0.422. The minimum Gasteiger partial charge on any atom is -0.128 e. The van der Waals surface area contributed by atoms with Crippen molar-refractivity contribution >= 4 is 11.6 Å². The van der Waals surface area contributed by atoms with Crippen LogP contribution in [0.1, 0.15) is 20.3 Å². The van der Waals surface area contributed by atoms with Crippen LogP contribution in [-0.4, -0.2) is 5.88 Å². The highest BCUT2D eigenvalue weighted by Crippen LogP contribution is 2.09. The van der Waals surface area contributed by atoms with Gasteiger partial charge in [0.25, 0.3) is 0 Å². The van der Waals surface area contributed by atoms with E-state index in [1.54, 1.807) is 0 Å². The van der Waals surface area contributed by atoms with Gasteiger partial charge in [0.1, 0.15) is 0 Å². The summed E-state index contributed by atoms with van der Waals surface area (Å²) in [6.45, 7) is 7.85. The molecule has 0 N–H and O–H groups in total. The predicted octanol–water partition coefficient (Wildman–Crippen LogP) is 2.98. The van der Waals surface area contributed by atoms with Crippen molar-refractivity contribution in [3.63, 3.8) is 0 Å². The smallest absolute Gasteiger partial charge is 0.0508 e. The van der Waals surface area contributed by atoms with Crippen LogP contribution in [-0.2, 0) is 0 Å². The van der Waals surface area contributed by atoms with Crippen LogP contribution < -0.4 is 0 Å². The molecule has 0 heterocycles. The van der Waals surface area contributed by atoms with Crippen LogP contribution in [0.2, 0.25) is 0 Å². The lowest BCUT2D eigenvalue weighted by Crippen LogP contribution is -1.90. The first-order chi connectivity index (χ1) is 4.20. The molecule has 0 nitrogen and oxygen atoms in total. The number of rotatable bonds is 3. The molecule has 0 aromatic rings. The molecule has 0 amide bonds. The van der Waals surface area contributed by atoms with E-state index in [9.17, 15) is 0 Å². The highest BCUT2D eigenvalue weighted by atomic mass is 35.5. The fraction of sp³-hybridized carbons (Fsp3) is 0.625. The summed E-state index contributed by atoms with van der Waals surface area (Å²) in [5.74, 6) is 1.23. The third kappa shape index (κ3) is 4.32. The number of hydrogen-bond donors (Lipinski definition) is 0. The maximum atomic E-state index is 5.57. The summed E-state index contributed by atoms with van der Waals surface area (Å²) in [6, 6.07) is 0. The van der Waals surface area contributed by atoms with E-state index < -0.39 is 0 Å². The minimum absolute atomic E-state index is 0.571. The van der Waals surface area contributed by atoms with Gasteiger partial charge in [-0.3, -0.25) is 0 Å². The molecule has 0 aliphatic heterocycles. The molecule has 0 saturated carbocycles. The van der Waals surface area contributed by atoms with Crippen LogP contribution >= 0.6 is 11.6 Å². The molecule has 0 aliphatic rings. The lowest BCUT2D eigenvalue weighted by atomic mass is 10.1. The Balaban J connectivity index is 3.72. The van der Waals surface area contributed by atoms with Gasteiger partial charge in [0.05, 0.1) is 5.88 Å². The number of alkyl halides is 1. The van der Waals surface area contributed by atoms with Crippen LogP contribution in [0.3, 0.4) is 0 Å². The number of allylic oxidation sites excluding steroid dienone is 1. The van der Waals surface area contributed by atoms with Crippen molar-refractivity contribution < 1.29 is 0 Å². The minimum atomic E-state index is 0.571. The predicted molar refractivity (Wildman–Crippen MR) is 42.8 cm³/mol. The molecular weight excluding hydrogens is 132 g/mol. The third-order valence-corrected chi connectivity index (χ3v) is 1.39. The molecule has 52 valence electrons. The first kappa shape index (κ1) is 8.81. The molecule has 0 atom stereocenters. The lowest BCUT2D eigenvalue weighted by molar-refractivity contribution is 0.644. The van der Waals surface area contributed by atoms with Gasteiger partial charge in [-0.05, 0) is 17.9 Å². The Morgan fingerprint density at radius 2 is 2.22 bits per heavy atom. The van der Waals surface area contributed by atoms with Crippen molar-refractivity contribution in [1.82, 2.24) is 0 Å². The van der Waals surface area contributed by atoms with Gasteiger partial charge in [-0.15, -0.1) is 17.3 Å². The highest BCUT2D eigenvalue weighted by Gasteiger charge is 1.96. The second-order valence-electron chi connectivity index (χ2n) is 2.51. The van der Waals surface area contributed by atoms with Gasteiger partial charge in [0.15, 0.2) is 0 Å². The summed E-state index contributed by atoms with van der Waals surface area (Å²) in [4.78, 5) is 0. The van der Waals surface area contributed by atoms with E-state index in [2.05, 4.69) is 26.2 Å².